The van der Waals surface area contributed by atoms with Crippen LogP contribution in [0.15, 0.2) is 0 Å². The summed E-state index contributed by atoms with van der Waals surface area (Å²) in [6, 6.07) is 0.101. The van der Waals surface area contributed by atoms with E-state index in [1.807, 2.05) is 11.9 Å². The van der Waals surface area contributed by atoms with Crippen molar-refractivity contribution in [2.45, 2.75) is 51.1 Å². The molecular formula is C14H27N3O2. The Bertz CT molecular complexity index is 314. The molecule has 110 valence electrons. The van der Waals surface area contributed by atoms with Gasteiger partial charge in [0.25, 0.3) is 0 Å². The maximum absolute atomic E-state index is 12.2. The topological polar surface area (TPSA) is 52.7 Å². The van der Waals surface area contributed by atoms with Crippen LogP contribution in [0.2, 0.25) is 0 Å². The summed E-state index contributed by atoms with van der Waals surface area (Å²) >= 11 is 0. The zero-order chi connectivity index (χ0) is 14.4. The molecule has 0 aromatic carbocycles. The van der Waals surface area contributed by atoms with E-state index in [2.05, 4.69) is 5.32 Å². The van der Waals surface area contributed by atoms with Gasteiger partial charge in [-0.1, -0.05) is 19.3 Å². The maximum atomic E-state index is 12.2. The summed E-state index contributed by atoms with van der Waals surface area (Å²) in [6.45, 7) is 1.96. The summed E-state index contributed by atoms with van der Waals surface area (Å²) in [7, 11) is 5.29. The Morgan fingerprint density at radius 1 is 1.21 bits per heavy atom. The Morgan fingerprint density at radius 2 is 1.79 bits per heavy atom. The second kappa shape index (κ2) is 7.48. The van der Waals surface area contributed by atoms with Crippen LogP contribution in [0.4, 0.5) is 0 Å². The van der Waals surface area contributed by atoms with Crippen LogP contribution in [0.1, 0.15) is 39.0 Å². The Kier molecular flexibility index (Phi) is 6.28. The number of nitrogens with zero attached hydrogens (tertiary/aromatic N) is 2. The van der Waals surface area contributed by atoms with Gasteiger partial charge in [-0.15, -0.1) is 0 Å². The predicted octanol–water partition coefficient (Wildman–Crippen LogP) is 0.844. The second-order valence-electron chi connectivity index (χ2n) is 5.50. The van der Waals surface area contributed by atoms with Crippen LogP contribution >= 0.6 is 0 Å². The van der Waals surface area contributed by atoms with Gasteiger partial charge >= 0.3 is 0 Å². The van der Waals surface area contributed by atoms with Gasteiger partial charge in [0.1, 0.15) is 0 Å². The number of amides is 2. The normalized spacial score (nSPS) is 17.9. The largest absolute Gasteiger partial charge is 0.341 e. The van der Waals surface area contributed by atoms with E-state index in [0.29, 0.717) is 6.04 Å². The average Bonchev–Trinajstić information content (AvgIpc) is 2.45. The number of nitrogens with one attached hydrogen (secondary N) is 1. The van der Waals surface area contributed by atoms with Crippen LogP contribution in [-0.2, 0) is 9.59 Å². The molecule has 1 rings (SSSR count). The van der Waals surface area contributed by atoms with Crippen molar-refractivity contribution in [1.82, 2.24) is 15.1 Å². The molecule has 0 heterocycles. The van der Waals surface area contributed by atoms with Gasteiger partial charge in [0, 0.05) is 20.1 Å². The smallest absolute Gasteiger partial charge is 0.242 e. The summed E-state index contributed by atoms with van der Waals surface area (Å²) in [5.74, 6) is -0.0149. The van der Waals surface area contributed by atoms with Crippen molar-refractivity contribution in [3.05, 3.63) is 0 Å². The number of carbonyl (C=O) groups is 2. The van der Waals surface area contributed by atoms with E-state index in [1.165, 1.54) is 24.2 Å². The Morgan fingerprint density at radius 3 is 2.32 bits per heavy atom. The third-order valence-corrected chi connectivity index (χ3v) is 4.07. The molecule has 0 saturated heterocycles. The van der Waals surface area contributed by atoms with E-state index in [0.717, 1.165) is 12.8 Å². The van der Waals surface area contributed by atoms with Gasteiger partial charge in [-0.2, -0.15) is 0 Å². The lowest BCUT2D eigenvalue weighted by Crippen LogP contribution is -2.48. The fourth-order valence-electron chi connectivity index (χ4n) is 2.52. The molecule has 0 aromatic heterocycles. The van der Waals surface area contributed by atoms with Crippen LogP contribution in [-0.4, -0.2) is 61.4 Å². The molecule has 0 spiro atoms. The lowest BCUT2D eigenvalue weighted by atomic mass is 9.94. The molecule has 0 bridgehead atoms. The van der Waals surface area contributed by atoms with E-state index in [1.54, 1.807) is 21.0 Å². The van der Waals surface area contributed by atoms with Crippen molar-refractivity contribution in [2.75, 3.05) is 27.7 Å². The van der Waals surface area contributed by atoms with E-state index in [9.17, 15) is 9.59 Å². The molecule has 1 saturated carbocycles. The zero-order valence-electron chi connectivity index (χ0n) is 12.6. The fourth-order valence-corrected chi connectivity index (χ4v) is 2.52. The quantitative estimate of drug-likeness (QED) is 0.805. The Hall–Kier alpha value is -1.10. The third kappa shape index (κ3) is 4.49. The summed E-state index contributed by atoms with van der Waals surface area (Å²) in [6.07, 6.45) is 5.86. The van der Waals surface area contributed by atoms with Crippen molar-refractivity contribution in [2.24, 2.45) is 0 Å². The van der Waals surface area contributed by atoms with Crippen LogP contribution in [0.5, 0.6) is 0 Å². The van der Waals surface area contributed by atoms with Crippen molar-refractivity contribution < 1.29 is 9.59 Å². The number of likely N-dealkylation sites (N-methyl/N-ethyl adjacent to an activating group) is 3. The zero-order valence-corrected chi connectivity index (χ0v) is 12.6. The average molecular weight is 269 g/mol. The minimum atomic E-state index is -0.252. The standard InChI is InChI=1S/C14H27N3O2/c1-11(15-2)14(19)16(3)10-13(18)17(4)12-8-6-5-7-9-12/h11-12,15H,5-10H2,1-4H3. The van der Waals surface area contributed by atoms with Gasteiger partial charge in [0.2, 0.25) is 11.8 Å². The predicted molar refractivity (Wildman–Crippen MR) is 75.8 cm³/mol. The lowest BCUT2D eigenvalue weighted by molar-refractivity contribution is -0.141. The van der Waals surface area contributed by atoms with E-state index in [-0.39, 0.29) is 24.4 Å². The SMILES string of the molecule is CNC(C)C(=O)N(C)CC(=O)N(C)C1CCCCC1. The molecule has 1 aliphatic rings. The molecule has 2 amide bonds. The van der Waals surface area contributed by atoms with Crippen LogP contribution < -0.4 is 5.32 Å². The number of rotatable bonds is 5. The highest BCUT2D eigenvalue weighted by Gasteiger charge is 2.24. The minimum absolute atomic E-state index is 0.0334. The summed E-state index contributed by atoms with van der Waals surface area (Å²) in [4.78, 5) is 27.4. The highest BCUT2D eigenvalue weighted by molar-refractivity contribution is 5.87. The molecule has 1 aliphatic carbocycles. The van der Waals surface area contributed by atoms with Crippen LogP contribution in [0.25, 0.3) is 0 Å². The summed E-state index contributed by atoms with van der Waals surface area (Å²) < 4.78 is 0. The molecule has 5 heteroatoms. The van der Waals surface area contributed by atoms with Crippen LogP contribution in [0.3, 0.4) is 0 Å². The molecule has 1 unspecified atom stereocenters. The van der Waals surface area contributed by atoms with Crippen molar-refractivity contribution in [1.29, 1.82) is 0 Å². The van der Waals surface area contributed by atoms with E-state index < -0.39 is 0 Å². The van der Waals surface area contributed by atoms with E-state index >= 15 is 0 Å². The first-order valence-electron chi connectivity index (χ1n) is 7.15. The molecule has 1 fully saturated rings. The Labute approximate surface area is 116 Å². The number of hydrogen-bond donors (Lipinski definition) is 1. The van der Waals surface area contributed by atoms with Crippen molar-refractivity contribution in [3.8, 4) is 0 Å². The Balaban J connectivity index is 2.46. The molecule has 1 atom stereocenters. The molecule has 5 nitrogen and oxygen atoms in total. The van der Waals surface area contributed by atoms with Crippen molar-refractivity contribution >= 4 is 11.8 Å². The molecule has 1 N–H and O–H groups in total. The molecule has 19 heavy (non-hydrogen) atoms. The molecule has 0 aliphatic heterocycles. The first-order chi connectivity index (χ1) is 8.97. The van der Waals surface area contributed by atoms with E-state index in [4.69, 9.17) is 0 Å². The first kappa shape index (κ1) is 16.0. The second-order valence-corrected chi connectivity index (χ2v) is 5.50. The fraction of sp³-hybridized carbons (Fsp3) is 0.857. The number of hydrogen-bond acceptors (Lipinski definition) is 3. The molecular weight excluding hydrogens is 242 g/mol. The third-order valence-electron chi connectivity index (χ3n) is 4.07. The van der Waals surface area contributed by atoms with Crippen LogP contribution in [0, 0.1) is 0 Å². The van der Waals surface area contributed by atoms with Gasteiger partial charge in [-0.25, -0.2) is 0 Å². The summed E-state index contributed by atoms with van der Waals surface area (Å²) in [5, 5.41) is 2.90. The lowest BCUT2D eigenvalue weighted by Gasteiger charge is -2.32. The van der Waals surface area contributed by atoms with Gasteiger partial charge in [-0.3, -0.25) is 9.59 Å². The van der Waals surface area contributed by atoms with Gasteiger partial charge in [-0.05, 0) is 26.8 Å². The minimum Gasteiger partial charge on any atom is -0.341 e. The first-order valence-corrected chi connectivity index (χ1v) is 7.15. The summed E-state index contributed by atoms with van der Waals surface area (Å²) in [5.41, 5.74) is 0. The van der Waals surface area contributed by atoms with Gasteiger partial charge in [0.05, 0.1) is 12.6 Å². The van der Waals surface area contributed by atoms with Gasteiger partial charge < -0.3 is 15.1 Å². The number of carbonyl (C=O) groups excluding carboxylic acids is 2. The molecule has 0 aromatic rings. The monoisotopic (exact) mass is 269 g/mol. The molecule has 0 radical (unpaired) electrons. The van der Waals surface area contributed by atoms with Gasteiger partial charge in [0.15, 0.2) is 0 Å². The highest BCUT2D eigenvalue weighted by Crippen LogP contribution is 2.21. The maximum Gasteiger partial charge on any atom is 0.242 e. The highest BCUT2D eigenvalue weighted by atomic mass is 16.2. The van der Waals surface area contributed by atoms with Crippen molar-refractivity contribution in [3.63, 3.8) is 0 Å².